The number of fused-ring (bicyclic) bond motifs is 1. The fourth-order valence-corrected chi connectivity index (χ4v) is 4.53. The van der Waals surface area contributed by atoms with Crippen molar-refractivity contribution in [2.24, 2.45) is 0 Å². The van der Waals surface area contributed by atoms with Crippen LogP contribution in [-0.4, -0.2) is 48.4 Å². The minimum Gasteiger partial charge on any atom is -0.325 e. The number of nitrogens with one attached hydrogen (secondary N) is 1. The first-order chi connectivity index (χ1) is 12.3. The van der Waals surface area contributed by atoms with Crippen LogP contribution in [0.3, 0.4) is 0 Å². The third-order valence-corrected chi connectivity index (χ3v) is 6.04. The van der Waals surface area contributed by atoms with E-state index in [1.165, 1.54) is 28.8 Å². The van der Waals surface area contributed by atoms with Crippen molar-refractivity contribution in [3.8, 4) is 0 Å². The van der Waals surface area contributed by atoms with Crippen molar-refractivity contribution >= 4 is 22.9 Å². The zero-order valence-corrected chi connectivity index (χ0v) is 15.4. The number of carbonyl (C=O) groups excluding carboxylic acids is 1. The number of nitrogens with zero attached hydrogens (tertiary/aromatic N) is 2. The largest absolute Gasteiger partial charge is 0.325 e. The maximum atomic E-state index is 12.4. The van der Waals surface area contributed by atoms with Crippen molar-refractivity contribution in [3.63, 3.8) is 0 Å². The highest BCUT2D eigenvalue weighted by molar-refractivity contribution is 7.09. The predicted octanol–water partition coefficient (Wildman–Crippen LogP) is 2.99. The van der Waals surface area contributed by atoms with Gasteiger partial charge >= 0.3 is 0 Å². The Labute approximate surface area is 153 Å². The van der Waals surface area contributed by atoms with Gasteiger partial charge in [-0.3, -0.25) is 14.6 Å². The van der Waals surface area contributed by atoms with E-state index < -0.39 is 0 Å². The number of carbonyl (C=O) groups is 1. The van der Waals surface area contributed by atoms with Gasteiger partial charge in [-0.2, -0.15) is 0 Å². The van der Waals surface area contributed by atoms with E-state index in [4.69, 9.17) is 0 Å². The highest BCUT2D eigenvalue weighted by Gasteiger charge is 2.19. The number of piperazine rings is 1. The minimum absolute atomic E-state index is 0.102. The lowest BCUT2D eigenvalue weighted by atomic mass is 10.1. The number of hydrogen-bond acceptors (Lipinski definition) is 4. The Hall–Kier alpha value is -1.69. The zero-order chi connectivity index (χ0) is 17.1. The van der Waals surface area contributed by atoms with Crippen molar-refractivity contribution in [3.05, 3.63) is 51.7 Å². The summed E-state index contributed by atoms with van der Waals surface area (Å²) in [4.78, 5) is 18.5. The molecule has 1 aromatic heterocycles. The third kappa shape index (κ3) is 4.29. The van der Waals surface area contributed by atoms with Gasteiger partial charge in [-0.1, -0.05) is 12.1 Å². The van der Waals surface area contributed by atoms with Crippen LogP contribution >= 0.6 is 11.3 Å². The molecule has 4 rings (SSSR count). The molecule has 1 N–H and O–H groups in total. The molecule has 2 aliphatic rings. The summed E-state index contributed by atoms with van der Waals surface area (Å²) >= 11 is 1.82. The van der Waals surface area contributed by atoms with E-state index in [9.17, 15) is 4.79 Å². The first-order valence-electron chi connectivity index (χ1n) is 9.15. The number of aryl methyl sites for hydroxylation is 2. The van der Waals surface area contributed by atoms with E-state index in [0.717, 1.165) is 44.8 Å². The van der Waals surface area contributed by atoms with Crippen LogP contribution < -0.4 is 5.32 Å². The molecule has 4 nitrogen and oxygen atoms in total. The molecule has 0 saturated carbocycles. The monoisotopic (exact) mass is 355 g/mol. The van der Waals surface area contributed by atoms with E-state index in [0.29, 0.717) is 6.54 Å². The molecule has 5 heteroatoms. The van der Waals surface area contributed by atoms with Crippen LogP contribution in [0.25, 0.3) is 0 Å². The number of anilines is 1. The Morgan fingerprint density at radius 3 is 2.64 bits per heavy atom. The van der Waals surface area contributed by atoms with Gasteiger partial charge in [-0.05, 0) is 54.0 Å². The molecule has 25 heavy (non-hydrogen) atoms. The van der Waals surface area contributed by atoms with Crippen molar-refractivity contribution < 1.29 is 4.79 Å². The van der Waals surface area contributed by atoms with Crippen LogP contribution in [-0.2, 0) is 24.2 Å². The van der Waals surface area contributed by atoms with Crippen LogP contribution in [0.4, 0.5) is 5.69 Å². The fourth-order valence-electron chi connectivity index (χ4n) is 3.78. The summed E-state index contributed by atoms with van der Waals surface area (Å²) in [6.07, 6.45) is 3.56. The van der Waals surface area contributed by atoms with Crippen LogP contribution in [0.2, 0.25) is 0 Å². The molecular formula is C20H25N3OS. The molecule has 0 atom stereocenters. The van der Waals surface area contributed by atoms with Crippen LogP contribution in [0.5, 0.6) is 0 Å². The van der Waals surface area contributed by atoms with Gasteiger partial charge in [0.15, 0.2) is 0 Å². The summed E-state index contributed by atoms with van der Waals surface area (Å²) in [6.45, 7) is 5.51. The number of amides is 1. The maximum absolute atomic E-state index is 12.4. The second-order valence-electron chi connectivity index (χ2n) is 7.02. The summed E-state index contributed by atoms with van der Waals surface area (Å²) in [5.41, 5.74) is 3.79. The molecule has 1 aromatic carbocycles. The molecular weight excluding hydrogens is 330 g/mol. The van der Waals surface area contributed by atoms with Crippen LogP contribution in [0.1, 0.15) is 22.4 Å². The molecule has 132 valence electrons. The van der Waals surface area contributed by atoms with Gasteiger partial charge in [0.2, 0.25) is 5.91 Å². The second kappa shape index (κ2) is 7.68. The number of thiophene rings is 1. The highest BCUT2D eigenvalue weighted by Crippen LogP contribution is 2.24. The van der Waals surface area contributed by atoms with Crippen molar-refractivity contribution in [1.82, 2.24) is 9.80 Å². The van der Waals surface area contributed by atoms with Crippen molar-refractivity contribution in [2.75, 3.05) is 38.0 Å². The third-order valence-electron chi connectivity index (χ3n) is 5.17. The van der Waals surface area contributed by atoms with Gasteiger partial charge in [0, 0.05) is 43.3 Å². The van der Waals surface area contributed by atoms with Gasteiger partial charge in [-0.25, -0.2) is 0 Å². The molecule has 1 fully saturated rings. The van der Waals surface area contributed by atoms with Gasteiger partial charge < -0.3 is 5.32 Å². The molecule has 1 aliphatic carbocycles. The Balaban J connectivity index is 1.23. The van der Waals surface area contributed by atoms with Gasteiger partial charge in [0.05, 0.1) is 6.54 Å². The van der Waals surface area contributed by atoms with E-state index in [1.54, 1.807) is 0 Å². The molecule has 1 aliphatic heterocycles. The van der Waals surface area contributed by atoms with Crippen LogP contribution in [0.15, 0.2) is 35.7 Å². The number of benzene rings is 1. The second-order valence-corrected chi connectivity index (χ2v) is 8.05. The average molecular weight is 356 g/mol. The summed E-state index contributed by atoms with van der Waals surface area (Å²) in [5, 5.41) is 5.21. The van der Waals surface area contributed by atoms with Crippen molar-refractivity contribution in [2.45, 2.75) is 25.8 Å². The van der Waals surface area contributed by atoms with Crippen LogP contribution in [0, 0.1) is 0 Å². The summed E-state index contributed by atoms with van der Waals surface area (Å²) in [7, 11) is 0. The summed E-state index contributed by atoms with van der Waals surface area (Å²) < 4.78 is 0. The Bertz CT molecular complexity index is 721. The zero-order valence-electron chi connectivity index (χ0n) is 14.5. The number of hydrogen-bond donors (Lipinski definition) is 1. The number of rotatable bonds is 5. The SMILES string of the molecule is O=C(CN1CCN(Cc2cccs2)CC1)Nc1ccc2c(c1)CCC2. The Morgan fingerprint density at radius 2 is 1.84 bits per heavy atom. The molecule has 0 bridgehead atoms. The smallest absolute Gasteiger partial charge is 0.238 e. The minimum atomic E-state index is 0.102. The molecule has 0 radical (unpaired) electrons. The van der Waals surface area contributed by atoms with Crippen molar-refractivity contribution in [1.29, 1.82) is 0 Å². The predicted molar refractivity (Wildman–Crippen MR) is 103 cm³/mol. The summed E-state index contributed by atoms with van der Waals surface area (Å²) in [5.74, 6) is 0.102. The average Bonchev–Trinajstić information content (AvgIpc) is 3.27. The van der Waals surface area contributed by atoms with E-state index >= 15 is 0 Å². The molecule has 2 heterocycles. The maximum Gasteiger partial charge on any atom is 0.238 e. The molecule has 2 aromatic rings. The lowest BCUT2D eigenvalue weighted by molar-refractivity contribution is -0.117. The molecule has 1 saturated heterocycles. The topological polar surface area (TPSA) is 35.6 Å². The molecule has 1 amide bonds. The normalized spacial score (nSPS) is 18.2. The first kappa shape index (κ1) is 16.8. The lowest BCUT2D eigenvalue weighted by Gasteiger charge is -2.34. The standard InChI is InChI=1S/C20H25N3OS/c24-20(21-18-7-6-16-3-1-4-17(16)13-18)15-23-10-8-22(9-11-23)14-19-5-2-12-25-19/h2,5-7,12-13H,1,3-4,8-11,14-15H2,(H,21,24). The quantitative estimate of drug-likeness (QED) is 0.896. The van der Waals surface area contributed by atoms with Gasteiger partial charge in [0.25, 0.3) is 0 Å². The van der Waals surface area contributed by atoms with Gasteiger partial charge in [0.1, 0.15) is 0 Å². The summed E-state index contributed by atoms with van der Waals surface area (Å²) in [6, 6.07) is 10.7. The van der Waals surface area contributed by atoms with E-state index in [2.05, 4.69) is 44.8 Å². The van der Waals surface area contributed by atoms with E-state index in [-0.39, 0.29) is 5.91 Å². The fraction of sp³-hybridized carbons (Fsp3) is 0.450. The molecule has 0 spiro atoms. The van der Waals surface area contributed by atoms with E-state index in [1.807, 2.05) is 17.4 Å². The Morgan fingerprint density at radius 1 is 1.04 bits per heavy atom. The van der Waals surface area contributed by atoms with Gasteiger partial charge in [-0.15, -0.1) is 11.3 Å². The highest BCUT2D eigenvalue weighted by atomic mass is 32.1. The molecule has 0 unspecified atom stereocenters. The lowest BCUT2D eigenvalue weighted by Crippen LogP contribution is -2.48. The first-order valence-corrected chi connectivity index (χ1v) is 10.0. The Kier molecular flexibility index (Phi) is 5.15.